The van der Waals surface area contributed by atoms with Crippen molar-refractivity contribution in [2.24, 2.45) is 7.05 Å². The molecule has 0 radical (unpaired) electrons. The molecule has 0 saturated heterocycles. The zero-order valence-corrected chi connectivity index (χ0v) is 16.8. The van der Waals surface area contributed by atoms with Crippen LogP contribution in [0.5, 0.6) is 0 Å². The van der Waals surface area contributed by atoms with Gasteiger partial charge in [-0.15, -0.1) is 0 Å². The number of nitrogens with zero attached hydrogens (tertiary/aromatic N) is 1. The van der Waals surface area contributed by atoms with Gasteiger partial charge in [0, 0.05) is 16.2 Å². The van der Waals surface area contributed by atoms with Crippen molar-refractivity contribution in [1.82, 2.24) is 4.57 Å². The lowest BCUT2D eigenvalue weighted by atomic mass is 10.1. The van der Waals surface area contributed by atoms with Gasteiger partial charge in [-0.3, -0.25) is 14.1 Å². The molecule has 0 aliphatic heterocycles. The number of rotatable bonds is 5. The molecule has 0 aromatic carbocycles. The fourth-order valence-electron chi connectivity index (χ4n) is 2.69. The molecule has 2 aliphatic rings. The van der Waals surface area contributed by atoms with Gasteiger partial charge in [0.1, 0.15) is 11.6 Å². The van der Waals surface area contributed by atoms with Crippen LogP contribution in [0.4, 0.5) is 15.9 Å². The van der Waals surface area contributed by atoms with Crippen molar-refractivity contribution in [3.8, 4) is 0 Å². The van der Waals surface area contributed by atoms with Gasteiger partial charge in [0.05, 0.1) is 17.0 Å². The van der Waals surface area contributed by atoms with Crippen molar-refractivity contribution < 1.29 is 12.8 Å². The van der Waals surface area contributed by atoms with Crippen molar-refractivity contribution >= 4 is 44.1 Å². The molecule has 25 heavy (non-hydrogen) atoms. The van der Waals surface area contributed by atoms with Crippen LogP contribution in [0.15, 0.2) is 32.4 Å². The topological polar surface area (TPSA) is 80.2 Å². The SMILES string of the molecule is Cc1cc(NS(=O)(=O)C2CC2)c(NC2CC=C(I)C=C2F)n(C)c1=O. The van der Waals surface area contributed by atoms with E-state index in [1.807, 2.05) is 28.7 Å². The van der Waals surface area contributed by atoms with Gasteiger partial charge in [-0.05, 0) is 60.9 Å². The summed E-state index contributed by atoms with van der Waals surface area (Å²) in [4.78, 5) is 12.3. The molecule has 1 heterocycles. The largest absolute Gasteiger partial charge is 0.360 e. The highest BCUT2D eigenvalue weighted by Crippen LogP contribution is 2.33. The highest BCUT2D eigenvalue weighted by atomic mass is 127. The van der Waals surface area contributed by atoms with Crippen molar-refractivity contribution in [3.63, 3.8) is 0 Å². The van der Waals surface area contributed by atoms with Gasteiger partial charge in [-0.1, -0.05) is 6.08 Å². The third kappa shape index (κ3) is 3.91. The molecule has 2 aliphatic carbocycles. The van der Waals surface area contributed by atoms with Crippen molar-refractivity contribution in [2.75, 3.05) is 10.0 Å². The second-order valence-electron chi connectivity index (χ2n) is 6.35. The molecule has 1 aromatic heterocycles. The lowest BCUT2D eigenvalue weighted by molar-refractivity contribution is 0.552. The minimum Gasteiger partial charge on any atom is -0.360 e. The average Bonchev–Trinajstić information content (AvgIpc) is 3.36. The Hall–Kier alpha value is -1.36. The second kappa shape index (κ2) is 6.75. The number of pyridine rings is 1. The van der Waals surface area contributed by atoms with E-state index < -0.39 is 21.3 Å². The number of anilines is 2. The average molecular weight is 479 g/mol. The van der Waals surface area contributed by atoms with Gasteiger partial charge in [0.15, 0.2) is 0 Å². The predicted molar refractivity (Wildman–Crippen MR) is 105 cm³/mol. The summed E-state index contributed by atoms with van der Waals surface area (Å²) in [6.45, 7) is 1.62. The Morgan fingerprint density at radius 3 is 2.64 bits per heavy atom. The minimum absolute atomic E-state index is 0.262. The number of hydrogen-bond donors (Lipinski definition) is 2. The Balaban J connectivity index is 1.98. The number of aryl methyl sites for hydroxylation is 1. The lowest BCUT2D eigenvalue weighted by Gasteiger charge is -2.24. The van der Waals surface area contributed by atoms with Crippen LogP contribution in [0.2, 0.25) is 0 Å². The molecule has 1 saturated carbocycles. The molecule has 6 nitrogen and oxygen atoms in total. The van der Waals surface area contributed by atoms with E-state index in [2.05, 4.69) is 10.0 Å². The third-order valence-electron chi connectivity index (χ3n) is 4.28. The van der Waals surface area contributed by atoms with Crippen LogP contribution < -0.4 is 15.6 Å². The van der Waals surface area contributed by atoms with Crippen LogP contribution in [0, 0.1) is 6.92 Å². The standard InChI is InChI=1S/C16H19FIN3O3S/c1-9-7-14(20-25(23,24)11-4-5-11)15(21(2)16(9)22)19-13-6-3-10(18)8-12(13)17/h3,7-8,11,13,19-20H,4-6H2,1-2H3. The summed E-state index contributed by atoms with van der Waals surface area (Å²) in [7, 11) is -1.96. The monoisotopic (exact) mass is 479 g/mol. The first kappa shape index (κ1) is 18.4. The number of allylic oxidation sites excluding steroid dienone is 2. The van der Waals surface area contributed by atoms with Gasteiger partial charge in [-0.2, -0.15) is 0 Å². The molecule has 1 fully saturated rings. The van der Waals surface area contributed by atoms with Crippen LogP contribution >= 0.6 is 22.6 Å². The normalized spacial score (nSPS) is 20.7. The Bertz CT molecular complexity index is 933. The number of hydrogen-bond acceptors (Lipinski definition) is 4. The molecule has 3 rings (SSSR count). The predicted octanol–water partition coefficient (Wildman–Crippen LogP) is 2.95. The van der Waals surface area contributed by atoms with E-state index in [0.717, 1.165) is 3.58 Å². The van der Waals surface area contributed by atoms with E-state index in [-0.39, 0.29) is 22.9 Å². The second-order valence-corrected chi connectivity index (χ2v) is 9.56. The van der Waals surface area contributed by atoms with Gasteiger partial charge in [0.2, 0.25) is 10.0 Å². The molecule has 0 spiro atoms. The maximum Gasteiger partial charge on any atom is 0.254 e. The van der Waals surface area contributed by atoms with Gasteiger partial charge in [0.25, 0.3) is 5.56 Å². The van der Waals surface area contributed by atoms with E-state index in [1.54, 1.807) is 6.92 Å². The minimum atomic E-state index is -3.50. The Morgan fingerprint density at radius 1 is 1.36 bits per heavy atom. The van der Waals surface area contributed by atoms with E-state index in [9.17, 15) is 17.6 Å². The summed E-state index contributed by atoms with van der Waals surface area (Å²) < 4.78 is 43.5. The molecular formula is C16H19FIN3O3S. The first-order valence-corrected chi connectivity index (χ1v) is 10.5. The fourth-order valence-corrected chi connectivity index (χ4v) is 4.63. The Kier molecular flexibility index (Phi) is 4.97. The molecule has 9 heteroatoms. The summed E-state index contributed by atoms with van der Waals surface area (Å²) in [6, 6.07) is 0.852. The van der Waals surface area contributed by atoms with E-state index in [0.29, 0.717) is 24.8 Å². The van der Waals surface area contributed by atoms with Crippen LogP contribution in [0.25, 0.3) is 0 Å². The van der Waals surface area contributed by atoms with Gasteiger partial charge < -0.3 is 5.32 Å². The van der Waals surface area contributed by atoms with Crippen LogP contribution in [-0.2, 0) is 17.1 Å². The lowest BCUT2D eigenvalue weighted by Crippen LogP contribution is -2.30. The fraction of sp³-hybridized carbons (Fsp3) is 0.438. The summed E-state index contributed by atoms with van der Waals surface area (Å²) in [5, 5.41) is 2.59. The molecule has 1 unspecified atom stereocenters. The van der Waals surface area contributed by atoms with Gasteiger partial charge >= 0.3 is 0 Å². The number of halogens is 2. The van der Waals surface area contributed by atoms with Crippen LogP contribution in [-0.4, -0.2) is 24.3 Å². The highest BCUT2D eigenvalue weighted by molar-refractivity contribution is 14.1. The summed E-state index contributed by atoms with van der Waals surface area (Å²) in [5.41, 5.74) is 0.418. The van der Waals surface area contributed by atoms with E-state index >= 15 is 0 Å². The van der Waals surface area contributed by atoms with Crippen LogP contribution in [0.1, 0.15) is 24.8 Å². The molecule has 0 bridgehead atoms. The first-order chi connectivity index (χ1) is 11.7. The zero-order valence-electron chi connectivity index (χ0n) is 13.8. The summed E-state index contributed by atoms with van der Waals surface area (Å²) in [5.74, 6) is -0.0883. The zero-order chi connectivity index (χ0) is 18.4. The number of sulfonamides is 1. The third-order valence-corrected chi connectivity index (χ3v) is 6.88. The highest BCUT2D eigenvalue weighted by Gasteiger charge is 2.36. The molecule has 0 amide bonds. The summed E-state index contributed by atoms with van der Waals surface area (Å²) in [6.07, 6.45) is 4.97. The first-order valence-electron chi connectivity index (χ1n) is 7.90. The van der Waals surface area contributed by atoms with Crippen molar-refractivity contribution in [1.29, 1.82) is 0 Å². The van der Waals surface area contributed by atoms with Gasteiger partial charge in [-0.25, -0.2) is 12.8 Å². The van der Waals surface area contributed by atoms with Crippen molar-refractivity contribution in [2.45, 2.75) is 37.5 Å². The van der Waals surface area contributed by atoms with E-state index in [4.69, 9.17) is 0 Å². The number of aromatic nitrogens is 1. The maximum absolute atomic E-state index is 14.2. The van der Waals surface area contributed by atoms with E-state index in [1.165, 1.54) is 23.8 Å². The smallest absolute Gasteiger partial charge is 0.254 e. The molecule has 1 atom stereocenters. The van der Waals surface area contributed by atoms with Crippen LogP contribution in [0.3, 0.4) is 0 Å². The molecular weight excluding hydrogens is 460 g/mol. The molecule has 2 N–H and O–H groups in total. The Labute approximate surface area is 159 Å². The number of nitrogens with one attached hydrogen (secondary N) is 2. The van der Waals surface area contributed by atoms with Crippen molar-refractivity contribution in [3.05, 3.63) is 43.5 Å². The molecule has 1 aromatic rings. The summed E-state index contributed by atoms with van der Waals surface area (Å²) >= 11 is 2.04. The Morgan fingerprint density at radius 2 is 2.04 bits per heavy atom. The maximum atomic E-state index is 14.2. The quantitative estimate of drug-likeness (QED) is 0.637. The molecule has 136 valence electrons.